The number of benzene rings is 2. The summed E-state index contributed by atoms with van der Waals surface area (Å²) in [7, 11) is 0. The highest BCUT2D eigenvalue weighted by Gasteiger charge is 2.44. The average molecular weight is 679 g/mol. The Hall–Kier alpha value is -5.19. The molecule has 2 saturated heterocycles. The molecule has 12 nitrogen and oxygen atoms in total. The first-order valence-electron chi connectivity index (χ1n) is 16.8. The van der Waals surface area contributed by atoms with Gasteiger partial charge in [-0.05, 0) is 80.8 Å². The molecule has 0 radical (unpaired) electrons. The standard InChI is InChI=1S/C37H35FN6O6/c1-20-41-42-34(49-20)31-26(8-5-21-10-12-48-37(2,3)16-21)40-33-28-19-47-13-11-43(28)35(45)32(33)30(31)23-7-9-27-29(15-23)50-36(46)44(27)18-22-4-6-24(17-39)25(38)14-22/h4,6-7,9,14-15,21,28H,5,8,10-13,16,18-19H2,1-3H3/t21?,28-/m0/s1. The Morgan fingerprint density at radius 1 is 1.06 bits per heavy atom. The summed E-state index contributed by atoms with van der Waals surface area (Å²) in [6.45, 7) is 7.89. The smallest absolute Gasteiger partial charge is 0.420 e. The monoisotopic (exact) mass is 678 g/mol. The van der Waals surface area contributed by atoms with Crippen molar-refractivity contribution < 1.29 is 27.5 Å². The van der Waals surface area contributed by atoms with Crippen LogP contribution in [0.25, 0.3) is 33.7 Å². The second-order valence-electron chi connectivity index (χ2n) is 13.9. The lowest BCUT2D eigenvalue weighted by atomic mass is 9.84. The molecule has 0 N–H and O–H groups in total. The van der Waals surface area contributed by atoms with Crippen LogP contribution in [0.5, 0.6) is 0 Å². The number of aryl methyl sites for hydroxylation is 2. The minimum atomic E-state index is -0.661. The zero-order valence-electron chi connectivity index (χ0n) is 28.0. The summed E-state index contributed by atoms with van der Waals surface area (Å²) in [5, 5.41) is 17.7. The van der Waals surface area contributed by atoms with Crippen molar-refractivity contribution in [2.24, 2.45) is 5.92 Å². The maximum atomic E-state index is 14.4. The first-order valence-corrected chi connectivity index (χ1v) is 16.8. The fourth-order valence-electron chi connectivity index (χ4n) is 7.67. The predicted molar refractivity (Wildman–Crippen MR) is 178 cm³/mol. The average Bonchev–Trinajstić information content (AvgIpc) is 3.75. The molecule has 0 saturated carbocycles. The van der Waals surface area contributed by atoms with Gasteiger partial charge >= 0.3 is 5.76 Å². The van der Waals surface area contributed by atoms with Crippen molar-refractivity contribution in [2.45, 2.75) is 64.6 Å². The molecule has 5 aromatic rings. The number of carbonyl (C=O) groups excluding carboxylic acids is 1. The molecule has 6 heterocycles. The van der Waals surface area contributed by atoms with Crippen molar-refractivity contribution in [2.75, 3.05) is 26.4 Å². The number of oxazole rings is 1. The fraction of sp³-hybridized carbons (Fsp3) is 0.405. The number of pyridine rings is 1. The van der Waals surface area contributed by atoms with Gasteiger partial charge < -0.3 is 23.2 Å². The third-order valence-corrected chi connectivity index (χ3v) is 10.00. The van der Waals surface area contributed by atoms with Crippen molar-refractivity contribution in [3.8, 4) is 28.7 Å². The molecule has 8 rings (SSSR count). The van der Waals surface area contributed by atoms with Gasteiger partial charge in [0, 0.05) is 25.6 Å². The van der Waals surface area contributed by atoms with E-state index in [9.17, 15) is 14.0 Å². The topological polar surface area (TPSA) is 150 Å². The Balaban J connectivity index is 1.28. The number of nitriles is 1. The molecule has 3 aliphatic rings. The number of fused-ring (bicyclic) bond motifs is 4. The van der Waals surface area contributed by atoms with Crippen LogP contribution in [0.3, 0.4) is 0 Å². The van der Waals surface area contributed by atoms with Crippen LogP contribution in [0, 0.1) is 30.0 Å². The van der Waals surface area contributed by atoms with Gasteiger partial charge in [-0.3, -0.25) is 14.3 Å². The molecule has 0 spiro atoms. The van der Waals surface area contributed by atoms with Crippen LogP contribution in [-0.2, 0) is 22.4 Å². The second-order valence-corrected chi connectivity index (χ2v) is 13.9. The van der Waals surface area contributed by atoms with E-state index < -0.39 is 11.6 Å². The van der Waals surface area contributed by atoms with E-state index in [4.69, 9.17) is 28.6 Å². The summed E-state index contributed by atoms with van der Waals surface area (Å²) in [5.41, 5.74) is 4.62. The van der Waals surface area contributed by atoms with Gasteiger partial charge in [0.2, 0.25) is 11.8 Å². The number of nitrogens with zero attached hydrogens (tertiary/aromatic N) is 6. The third kappa shape index (κ3) is 5.58. The number of hydrogen-bond acceptors (Lipinski definition) is 10. The molecule has 0 aliphatic carbocycles. The maximum absolute atomic E-state index is 14.4. The first-order chi connectivity index (χ1) is 24.1. The Bertz CT molecular complexity index is 2260. The summed E-state index contributed by atoms with van der Waals surface area (Å²) in [6, 6.07) is 11.0. The molecular formula is C37H35FN6O6. The number of amides is 1. The van der Waals surface area contributed by atoms with Crippen LogP contribution in [0.15, 0.2) is 50.0 Å². The lowest BCUT2D eigenvalue weighted by Gasteiger charge is -2.35. The number of carbonyl (C=O) groups is 1. The van der Waals surface area contributed by atoms with Crippen molar-refractivity contribution in [3.05, 3.63) is 86.7 Å². The van der Waals surface area contributed by atoms with Gasteiger partial charge in [-0.25, -0.2) is 9.18 Å². The molecule has 2 fully saturated rings. The molecule has 13 heteroatoms. The SMILES string of the molecule is Cc1nnc(-c2c(CCC3CCOC(C)(C)C3)nc3c(c2-c2ccc4c(c2)oc(=O)n4Cc2ccc(C#N)c(F)c2)C(=O)N2CCOC[C@@H]32)o1. The van der Waals surface area contributed by atoms with Crippen LogP contribution in [0.1, 0.15) is 77.9 Å². The largest absolute Gasteiger partial charge is 0.421 e. The van der Waals surface area contributed by atoms with Gasteiger partial charge in [0.1, 0.15) is 11.9 Å². The second kappa shape index (κ2) is 12.3. The fourth-order valence-corrected chi connectivity index (χ4v) is 7.67. The molecular weight excluding hydrogens is 643 g/mol. The molecule has 3 aliphatic heterocycles. The first kappa shape index (κ1) is 32.0. The number of halogens is 1. The Morgan fingerprint density at radius 2 is 1.92 bits per heavy atom. The van der Waals surface area contributed by atoms with Crippen LogP contribution in [0.2, 0.25) is 0 Å². The molecule has 2 aromatic carbocycles. The van der Waals surface area contributed by atoms with Gasteiger partial charge in [0.05, 0.1) is 65.0 Å². The number of morpholine rings is 1. The number of rotatable bonds is 7. The van der Waals surface area contributed by atoms with Crippen molar-refractivity contribution in [3.63, 3.8) is 0 Å². The summed E-state index contributed by atoms with van der Waals surface area (Å²) in [4.78, 5) is 34.4. The van der Waals surface area contributed by atoms with Gasteiger partial charge in [-0.2, -0.15) is 5.26 Å². The van der Waals surface area contributed by atoms with Crippen LogP contribution >= 0.6 is 0 Å². The Kier molecular flexibility index (Phi) is 7.88. The zero-order chi connectivity index (χ0) is 34.7. The minimum absolute atomic E-state index is 0.0350. The molecule has 0 bridgehead atoms. The van der Waals surface area contributed by atoms with E-state index >= 15 is 0 Å². The Morgan fingerprint density at radius 3 is 2.68 bits per heavy atom. The van der Waals surface area contributed by atoms with Crippen LogP contribution < -0.4 is 5.76 Å². The lowest BCUT2D eigenvalue weighted by molar-refractivity contribution is -0.0734. The van der Waals surface area contributed by atoms with E-state index in [1.165, 1.54) is 16.7 Å². The highest BCUT2D eigenvalue weighted by Crippen LogP contribution is 2.46. The number of hydrogen-bond donors (Lipinski definition) is 0. The van der Waals surface area contributed by atoms with Gasteiger partial charge in [0.25, 0.3) is 5.91 Å². The number of ether oxygens (including phenoxy) is 2. The summed E-state index contributed by atoms with van der Waals surface area (Å²) in [6.07, 6.45) is 3.32. The molecule has 50 heavy (non-hydrogen) atoms. The molecule has 1 amide bonds. The quantitative estimate of drug-likeness (QED) is 0.209. The summed E-state index contributed by atoms with van der Waals surface area (Å²) >= 11 is 0. The number of aromatic nitrogens is 4. The van der Waals surface area contributed by atoms with E-state index in [-0.39, 0.29) is 41.1 Å². The molecule has 256 valence electrons. The predicted octanol–water partition coefficient (Wildman–Crippen LogP) is 5.74. The van der Waals surface area contributed by atoms with Gasteiger partial charge in [-0.15, -0.1) is 10.2 Å². The maximum Gasteiger partial charge on any atom is 0.420 e. The van der Waals surface area contributed by atoms with Crippen molar-refractivity contribution >= 4 is 17.0 Å². The summed E-state index contributed by atoms with van der Waals surface area (Å²) in [5.74, 6) is -0.399. The molecule has 2 atom stereocenters. The zero-order valence-corrected chi connectivity index (χ0v) is 28.0. The molecule has 3 aromatic heterocycles. The highest BCUT2D eigenvalue weighted by molar-refractivity contribution is 6.08. The Labute approximate surface area is 286 Å². The van der Waals surface area contributed by atoms with Crippen molar-refractivity contribution in [1.29, 1.82) is 5.26 Å². The third-order valence-electron chi connectivity index (χ3n) is 10.00. The van der Waals surface area contributed by atoms with E-state index in [1.807, 2.05) is 17.0 Å². The summed E-state index contributed by atoms with van der Waals surface area (Å²) < 4.78 is 39.4. The normalized spacial score (nSPS) is 19.8. The van der Waals surface area contributed by atoms with Crippen LogP contribution in [-0.4, -0.2) is 62.5 Å². The van der Waals surface area contributed by atoms with E-state index in [1.54, 1.807) is 25.1 Å². The van der Waals surface area contributed by atoms with Crippen LogP contribution in [0.4, 0.5) is 4.39 Å². The molecule has 1 unspecified atom stereocenters. The van der Waals surface area contributed by atoms with E-state index in [0.717, 1.165) is 25.0 Å². The lowest BCUT2D eigenvalue weighted by Crippen LogP contribution is -2.38. The minimum Gasteiger partial charge on any atom is -0.421 e. The van der Waals surface area contributed by atoms with Crippen molar-refractivity contribution in [1.82, 2.24) is 24.6 Å². The van der Waals surface area contributed by atoms with Gasteiger partial charge in [-0.1, -0.05) is 12.1 Å². The van der Waals surface area contributed by atoms with Gasteiger partial charge in [0.15, 0.2) is 5.58 Å². The van der Waals surface area contributed by atoms with E-state index in [0.29, 0.717) is 83.6 Å². The highest BCUT2D eigenvalue weighted by atomic mass is 19.1. The van der Waals surface area contributed by atoms with E-state index in [2.05, 4.69) is 24.0 Å².